The molecule has 122 valence electrons. The van der Waals surface area contributed by atoms with Gasteiger partial charge in [-0.1, -0.05) is 0 Å². The molecule has 2 fully saturated rings. The van der Waals surface area contributed by atoms with Crippen molar-refractivity contribution < 1.29 is 9.53 Å². The van der Waals surface area contributed by atoms with Gasteiger partial charge >= 0.3 is 0 Å². The minimum absolute atomic E-state index is 0.130. The summed E-state index contributed by atoms with van der Waals surface area (Å²) >= 11 is 3.57. The van der Waals surface area contributed by atoms with Gasteiger partial charge in [-0.25, -0.2) is 4.98 Å². The summed E-state index contributed by atoms with van der Waals surface area (Å²) in [6.07, 6.45) is 2.41. The van der Waals surface area contributed by atoms with E-state index in [1.165, 1.54) is 5.75 Å². The third-order valence-electron chi connectivity index (χ3n) is 4.47. The van der Waals surface area contributed by atoms with Crippen LogP contribution in [0.25, 0.3) is 0 Å². The van der Waals surface area contributed by atoms with Crippen LogP contribution in [-0.4, -0.2) is 65.7 Å². The van der Waals surface area contributed by atoms with Crippen LogP contribution in [0, 0.1) is 0 Å². The molecule has 1 aromatic heterocycles. The fourth-order valence-corrected chi connectivity index (χ4v) is 5.16. The fourth-order valence-electron chi connectivity index (χ4n) is 3.09. The predicted molar refractivity (Wildman–Crippen MR) is 90.5 cm³/mol. The van der Waals surface area contributed by atoms with E-state index < -0.39 is 0 Å². The van der Waals surface area contributed by atoms with Gasteiger partial charge in [-0.2, -0.15) is 11.8 Å². The van der Waals surface area contributed by atoms with Crippen LogP contribution in [-0.2, 0) is 16.0 Å². The molecule has 0 saturated carbocycles. The van der Waals surface area contributed by atoms with E-state index in [4.69, 9.17) is 4.74 Å². The highest BCUT2D eigenvalue weighted by Crippen LogP contribution is 2.33. The summed E-state index contributed by atoms with van der Waals surface area (Å²) in [5.41, 5.74) is 2.96. The van der Waals surface area contributed by atoms with E-state index in [9.17, 15) is 4.79 Å². The van der Waals surface area contributed by atoms with Crippen molar-refractivity contribution in [2.45, 2.75) is 24.8 Å². The molecule has 1 aromatic rings. The van der Waals surface area contributed by atoms with Crippen molar-refractivity contribution in [2.24, 2.45) is 0 Å². The van der Waals surface area contributed by atoms with Gasteiger partial charge in [0.1, 0.15) is 0 Å². The van der Waals surface area contributed by atoms with Crippen LogP contribution in [0.4, 0.5) is 0 Å². The lowest BCUT2D eigenvalue weighted by Crippen LogP contribution is -2.59. The van der Waals surface area contributed by atoms with E-state index in [1.54, 1.807) is 11.3 Å². The molecule has 5 nitrogen and oxygen atoms in total. The summed E-state index contributed by atoms with van der Waals surface area (Å²) in [4.78, 5) is 18.9. The molecule has 1 atom stereocenters. The Bertz CT molecular complexity index is 469. The molecular formula is C15H23N3O2S2. The van der Waals surface area contributed by atoms with Crippen LogP contribution >= 0.6 is 23.1 Å². The molecule has 0 aliphatic carbocycles. The average molecular weight is 342 g/mol. The Morgan fingerprint density at radius 3 is 3.00 bits per heavy atom. The number of aromatic nitrogens is 1. The maximum atomic E-state index is 12.1. The van der Waals surface area contributed by atoms with Crippen molar-refractivity contribution in [1.82, 2.24) is 15.2 Å². The molecule has 0 spiro atoms. The summed E-state index contributed by atoms with van der Waals surface area (Å²) in [7, 11) is 0. The number of morpholine rings is 1. The van der Waals surface area contributed by atoms with E-state index in [1.807, 2.05) is 22.7 Å². The van der Waals surface area contributed by atoms with Gasteiger partial charge in [0.05, 0.1) is 24.4 Å². The number of rotatable bonds is 6. The van der Waals surface area contributed by atoms with Gasteiger partial charge < -0.3 is 10.1 Å². The summed E-state index contributed by atoms with van der Waals surface area (Å²) in [5, 5.41) is 5.18. The lowest BCUT2D eigenvalue weighted by molar-refractivity contribution is -0.121. The first-order chi connectivity index (χ1) is 10.8. The molecule has 2 aliphatic rings. The standard InChI is InChI=1S/C15H23N3O2S2/c19-14(2-1-13-9-22-12-17-13)16-10-15(3-8-21-11-15)18-4-6-20-7-5-18/h9,12H,1-8,10-11H2,(H,16,19)/t15-/m1/s1. The Labute approximate surface area is 139 Å². The molecule has 1 N–H and O–H groups in total. The Morgan fingerprint density at radius 1 is 1.45 bits per heavy atom. The maximum Gasteiger partial charge on any atom is 0.220 e. The average Bonchev–Trinajstić information content (AvgIpc) is 3.24. The number of carbonyl (C=O) groups is 1. The van der Waals surface area contributed by atoms with Crippen molar-refractivity contribution in [2.75, 3.05) is 44.4 Å². The van der Waals surface area contributed by atoms with Crippen LogP contribution in [0.15, 0.2) is 10.9 Å². The molecule has 0 aromatic carbocycles. The minimum atomic E-state index is 0.130. The van der Waals surface area contributed by atoms with Crippen molar-refractivity contribution in [1.29, 1.82) is 0 Å². The third-order valence-corrected chi connectivity index (χ3v) is 6.34. The van der Waals surface area contributed by atoms with E-state index in [0.29, 0.717) is 6.42 Å². The fraction of sp³-hybridized carbons (Fsp3) is 0.733. The first kappa shape index (κ1) is 16.2. The molecule has 3 rings (SSSR count). The number of carbonyl (C=O) groups excluding carboxylic acids is 1. The van der Waals surface area contributed by atoms with E-state index in [0.717, 1.165) is 57.1 Å². The Morgan fingerprint density at radius 2 is 2.32 bits per heavy atom. The number of nitrogens with one attached hydrogen (secondary N) is 1. The molecular weight excluding hydrogens is 318 g/mol. The van der Waals surface area contributed by atoms with Crippen LogP contribution in [0.5, 0.6) is 0 Å². The number of ether oxygens (including phenoxy) is 1. The first-order valence-electron chi connectivity index (χ1n) is 7.83. The van der Waals surface area contributed by atoms with Gasteiger partial charge in [0.2, 0.25) is 5.91 Å². The number of hydrogen-bond donors (Lipinski definition) is 1. The van der Waals surface area contributed by atoms with Crippen molar-refractivity contribution in [3.05, 3.63) is 16.6 Å². The summed E-state index contributed by atoms with van der Waals surface area (Å²) in [5.74, 6) is 2.43. The number of thioether (sulfide) groups is 1. The largest absolute Gasteiger partial charge is 0.379 e. The Kier molecular flexibility index (Phi) is 5.73. The lowest BCUT2D eigenvalue weighted by atomic mass is 9.95. The highest BCUT2D eigenvalue weighted by atomic mass is 32.2. The van der Waals surface area contributed by atoms with Gasteiger partial charge in [-0.3, -0.25) is 9.69 Å². The minimum Gasteiger partial charge on any atom is -0.379 e. The SMILES string of the molecule is O=C(CCc1cscn1)NC[C@]1(N2CCOCC2)CCSC1. The number of nitrogens with zero attached hydrogens (tertiary/aromatic N) is 2. The second kappa shape index (κ2) is 7.77. The Hall–Kier alpha value is -0.630. The highest BCUT2D eigenvalue weighted by Gasteiger charge is 2.40. The summed E-state index contributed by atoms with van der Waals surface area (Å²) in [6, 6.07) is 0. The van der Waals surface area contributed by atoms with Gasteiger partial charge in [0.25, 0.3) is 0 Å². The van der Waals surface area contributed by atoms with Crippen LogP contribution in [0.1, 0.15) is 18.5 Å². The molecule has 0 bridgehead atoms. The number of thiazole rings is 1. The van der Waals surface area contributed by atoms with Gasteiger partial charge in [0.15, 0.2) is 0 Å². The van der Waals surface area contributed by atoms with Crippen LogP contribution < -0.4 is 5.32 Å². The molecule has 22 heavy (non-hydrogen) atoms. The normalized spacial score (nSPS) is 26.2. The second-order valence-corrected chi connectivity index (χ2v) is 7.71. The smallest absolute Gasteiger partial charge is 0.220 e. The third kappa shape index (κ3) is 4.01. The molecule has 3 heterocycles. The van der Waals surface area contributed by atoms with E-state index >= 15 is 0 Å². The second-order valence-electron chi connectivity index (χ2n) is 5.88. The quantitative estimate of drug-likeness (QED) is 0.848. The van der Waals surface area contributed by atoms with Crippen molar-refractivity contribution >= 4 is 29.0 Å². The molecule has 7 heteroatoms. The van der Waals surface area contributed by atoms with Gasteiger partial charge in [0, 0.05) is 42.7 Å². The van der Waals surface area contributed by atoms with Crippen LogP contribution in [0.2, 0.25) is 0 Å². The molecule has 2 aliphatic heterocycles. The Balaban J connectivity index is 1.49. The highest BCUT2D eigenvalue weighted by molar-refractivity contribution is 7.99. The molecule has 2 saturated heterocycles. The number of amides is 1. The van der Waals surface area contributed by atoms with Gasteiger partial charge in [-0.15, -0.1) is 11.3 Å². The zero-order valence-electron chi connectivity index (χ0n) is 12.8. The monoisotopic (exact) mass is 341 g/mol. The maximum absolute atomic E-state index is 12.1. The van der Waals surface area contributed by atoms with Crippen molar-refractivity contribution in [3.63, 3.8) is 0 Å². The molecule has 0 unspecified atom stereocenters. The number of hydrogen-bond acceptors (Lipinski definition) is 6. The lowest BCUT2D eigenvalue weighted by Gasteiger charge is -2.43. The molecule has 0 radical (unpaired) electrons. The van der Waals surface area contributed by atoms with E-state index in [-0.39, 0.29) is 11.4 Å². The summed E-state index contributed by atoms with van der Waals surface area (Å²) in [6.45, 7) is 4.34. The molecule has 1 amide bonds. The zero-order chi connectivity index (χ0) is 15.3. The first-order valence-corrected chi connectivity index (χ1v) is 9.93. The zero-order valence-corrected chi connectivity index (χ0v) is 14.4. The van der Waals surface area contributed by atoms with Gasteiger partial charge in [-0.05, 0) is 18.6 Å². The topological polar surface area (TPSA) is 54.5 Å². The van der Waals surface area contributed by atoms with Crippen LogP contribution in [0.3, 0.4) is 0 Å². The predicted octanol–water partition coefficient (Wildman–Crippen LogP) is 1.40. The van der Waals surface area contributed by atoms with E-state index in [2.05, 4.69) is 15.2 Å². The number of aryl methyl sites for hydroxylation is 1. The van der Waals surface area contributed by atoms with Crippen molar-refractivity contribution in [3.8, 4) is 0 Å². The summed E-state index contributed by atoms with van der Waals surface area (Å²) < 4.78 is 5.47.